The number of fused-ring (bicyclic) bond motifs is 2. The standard InChI is InChI=1S/C17H20N4O3S/c1-11-15(19-20-25-11)17(22)21-7-8-23-14-5-4-13(21)16(14)24-10-12-3-2-6-18-9-12/h2-3,6,9,13-14,16H,4-5,7-8,10H2,1H3/t13-,14-,16+/m0/s1. The number of nitrogens with zero attached hydrogens (tertiary/aromatic N) is 4. The molecule has 8 heteroatoms. The highest BCUT2D eigenvalue weighted by Crippen LogP contribution is 2.33. The molecule has 2 aromatic heterocycles. The summed E-state index contributed by atoms with van der Waals surface area (Å²) < 4.78 is 16.0. The summed E-state index contributed by atoms with van der Waals surface area (Å²) in [5.74, 6) is -0.0719. The van der Waals surface area contributed by atoms with Gasteiger partial charge in [-0.15, -0.1) is 5.10 Å². The van der Waals surface area contributed by atoms with Gasteiger partial charge in [0.25, 0.3) is 5.91 Å². The average Bonchev–Trinajstić information content (AvgIpc) is 3.17. The van der Waals surface area contributed by atoms with Gasteiger partial charge in [-0.2, -0.15) is 0 Å². The van der Waals surface area contributed by atoms with Crippen LogP contribution in [-0.2, 0) is 16.1 Å². The first kappa shape index (κ1) is 16.6. The zero-order valence-corrected chi connectivity index (χ0v) is 14.8. The normalized spacial score (nSPS) is 25.8. The Kier molecular flexibility index (Phi) is 4.74. The van der Waals surface area contributed by atoms with Crippen molar-refractivity contribution in [1.82, 2.24) is 19.5 Å². The van der Waals surface area contributed by atoms with Crippen LogP contribution in [0.4, 0.5) is 0 Å². The smallest absolute Gasteiger partial charge is 0.276 e. The molecule has 2 bridgehead atoms. The molecule has 2 fully saturated rings. The molecule has 1 aliphatic heterocycles. The quantitative estimate of drug-likeness (QED) is 0.828. The van der Waals surface area contributed by atoms with E-state index in [4.69, 9.17) is 9.47 Å². The Bertz CT molecular complexity index is 739. The van der Waals surface area contributed by atoms with Gasteiger partial charge in [0, 0.05) is 18.9 Å². The number of amides is 1. The topological polar surface area (TPSA) is 77.4 Å². The molecule has 1 saturated carbocycles. The molecule has 1 amide bonds. The minimum atomic E-state index is -0.126. The summed E-state index contributed by atoms with van der Waals surface area (Å²) in [7, 11) is 0. The van der Waals surface area contributed by atoms with Gasteiger partial charge in [-0.25, -0.2) is 0 Å². The summed E-state index contributed by atoms with van der Waals surface area (Å²) in [6.45, 7) is 3.42. The lowest BCUT2D eigenvalue weighted by Crippen LogP contribution is -2.46. The third kappa shape index (κ3) is 3.29. The zero-order chi connectivity index (χ0) is 17.2. The molecule has 132 valence electrons. The summed E-state index contributed by atoms with van der Waals surface area (Å²) in [6, 6.07) is 3.89. The van der Waals surface area contributed by atoms with E-state index in [1.165, 1.54) is 11.5 Å². The third-order valence-corrected chi connectivity index (χ3v) is 5.47. The Morgan fingerprint density at radius 1 is 1.48 bits per heavy atom. The molecule has 1 saturated heterocycles. The number of carbonyl (C=O) groups excluding carboxylic acids is 1. The van der Waals surface area contributed by atoms with Crippen molar-refractivity contribution in [3.63, 3.8) is 0 Å². The summed E-state index contributed by atoms with van der Waals surface area (Å²) in [5, 5.41) is 4.01. The number of hydrogen-bond acceptors (Lipinski definition) is 7. The largest absolute Gasteiger partial charge is 0.374 e. The van der Waals surface area contributed by atoms with Gasteiger partial charge in [-0.1, -0.05) is 10.6 Å². The van der Waals surface area contributed by atoms with Gasteiger partial charge in [-0.05, 0) is 42.9 Å². The molecule has 4 rings (SSSR count). The van der Waals surface area contributed by atoms with Crippen molar-refractivity contribution in [3.05, 3.63) is 40.7 Å². The molecular formula is C17H20N4O3S. The minimum Gasteiger partial charge on any atom is -0.374 e. The highest BCUT2D eigenvalue weighted by Gasteiger charge is 2.45. The first-order chi connectivity index (χ1) is 12.2. The maximum Gasteiger partial charge on any atom is 0.276 e. The third-order valence-electron chi connectivity index (χ3n) is 4.84. The van der Waals surface area contributed by atoms with E-state index < -0.39 is 0 Å². The fourth-order valence-electron chi connectivity index (χ4n) is 3.60. The average molecular weight is 360 g/mol. The highest BCUT2D eigenvalue weighted by molar-refractivity contribution is 7.05. The molecule has 3 atom stereocenters. The van der Waals surface area contributed by atoms with Crippen LogP contribution < -0.4 is 0 Å². The molecule has 0 spiro atoms. The van der Waals surface area contributed by atoms with Gasteiger partial charge >= 0.3 is 0 Å². The Balaban J connectivity index is 1.52. The Morgan fingerprint density at radius 3 is 3.16 bits per heavy atom. The highest BCUT2D eigenvalue weighted by atomic mass is 32.1. The molecule has 7 nitrogen and oxygen atoms in total. The lowest BCUT2D eigenvalue weighted by atomic mass is 10.1. The van der Waals surface area contributed by atoms with E-state index in [2.05, 4.69) is 14.6 Å². The number of carbonyl (C=O) groups is 1. The molecule has 0 aromatic carbocycles. The van der Waals surface area contributed by atoms with Gasteiger partial charge < -0.3 is 14.4 Å². The number of rotatable bonds is 4. The lowest BCUT2D eigenvalue weighted by Gasteiger charge is -2.30. The summed E-state index contributed by atoms with van der Waals surface area (Å²) in [6.07, 6.45) is 5.23. The predicted octanol–water partition coefficient (Wildman–Crippen LogP) is 1.83. The molecule has 0 radical (unpaired) electrons. The van der Waals surface area contributed by atoms with E-state index in [0.29, 0.717) is 25.5 Å². The van der Waals surface area contributed by atoms with Crippen LogP contribution in [0.2, 0.25) is 0 Å². The van der Waals surface area contributed by atoms with Crippen LogP contribution in [0.1, 0.15) is 33.8 Å². The van der Waals surface area contributed by atoms with Crippen LogP contribution in [0.25, 0.3) is 0 Å². The number of aromatic nitrogens is 3. The molecule has 3 heterocycles. The second-order valence-electron chi connectivity index (χ2n) is 6.37. The number of ether oxygens (including phenoxy) is 2. The zero-order valence-electron chi connectivity index (χ0n) is 14.0. The first-order valence-corrected chi connectivity index (χ1v) is 9.23. The van der Waals surface area contributed by atoms with E-state index in [0.717, 1.165) is 23.3 Å². The minimum absolute atomic E-state index is 0.0118. The molecule has 2 aromatic rings. The van der Waals surface area contributed by atoms with Crippen LogP contribution in [0.3, 0.4) is 0 Å². The van der Waals surface area contributed by atoms with Gasteiger partial charge in [0.2, 0.25) is 0 Å². The Morgan fingerprint density at radius 2 is 2.40 bits per heavy atom. The number of aryl methyl sites for hydroxylation is 1. The molecule has 25 heavy (non-hydrogen) atoms. The van der Waals surface area contributed by atoms with Crippen molar-refractivity contribution in [2.24, 2.45) is 0 Å². The van der Waals surface area contributed by atoms with E-state index in [-0.39, 0.29) is 24.2 Å². The van der Waals surface area contributed by atoms with Gasteiger partial charge in [0.05, 0.1) is 30.2 Å². The van der Waals surface area contributed by atoms with Crippen molar-refractivity contribution in [3.8, 4) is 0 Å². The van der Waals surface area contributed by atoms with Crippen LogP contribution in [0.15, 0.2) is 24.5 Å². The maximum atomic E-state index is 13.0. The first-order valence-electron chi connectivity index (χ1n) is 8.46. The van der Waals surface area contributed by atoms with E-state index in [9.17, 15) is 4.79 Å². The van der Waals surface area contributed by atoms with Crippen LogP contribution in [-0.4, -0.2) is 56.8 Å². The van der Waals surface area contributed by atoms with Crippen molar-refractivity contribution in [2.45, 2.75) is 44.6 Å². The van der Waals surface area contributed by atoms with Crippen LogP contribution in [0, 0.1) is 6.92 Å². The number of hydrogen-bond donors (Lipinski definition) is 0. The Labute approximate surface area is 150 Å². The second-order valence-corrected chi connectivity index (χ2v) is 7.33. The van der Waals surface area contributed by atoms with Crippen molar-refractivity contribution in [1.29, 1.82) is 0 Å². The van der Waals surface area contributed by atoms with Crippen molar-refractivity contribution < 1.29 is 14.3 Å². The second kappa shape index (κ2) is 7.15. The summed E-state index contributed by atoms with van der Waals surface area (Å²) >= 11 is 1.25. The predicted molar refractivity (Wildman–Crippen MR) is 91.3 cm³/mol. The molecular weight excluding hydrogens is 340 g/mol. The van der Waals surface area contributed by atoms with Crippen LogP contribution >= 0.6 is 11.5 Å². The summed E-state index contributed by atoms with van der Waals surface area (Å²) in [5.41, 5.74) is 1.46. The van der Waals surface area contributed by atoms with Gasteiger partial charge in [0.15, 0.2) is 5.69 Å². The Hall–Kier alpha value is -1.90. The molecule has 0 N–H and O–H groups in total. The fourth-order valence-corrected chi connectivity index (χ4v) is 4.06. The van der Waals surface area contributed by atoms with E-state index in [1.807, 2.05) is 24.0 Å². The van der Waals surface area contributed by atoms with Crippen molar-refractivity contribution >= 4 is 17.4 Å². The van der Waals surface area contributed by atoms with E-state index in [1.54, 1.807) is 12.4 Å². The number of pyridine rings is 1. The molecule has 2 aliphatic rings. The van der Waals surface area contributed by atoms with Crippen molar-refractivity contribution in [2.75, 3.05) is 13.2 Å². The van der Waals surface area contributed by atoms with Gasteiger partial charge in [-0.3, -0.25) is 9.78 Å². The van der Waals surface area contributed by atoms with Gasteiger partial charge in [0.1, 0.15) is 6.10 Å². The fraction of sp³-hybridized carbons (Fsp3) is 0.529. The SMILES string of the molecule is Cc1snnc1C(=O)N1CCO[C@H]2CC[C@H]1[C@H]2OCc1cccnc1. The van der Waals surface area contributed by atoms with E-state index >= 15 is 0 Å². The monoisotopic (exact) mass is 360 g/mol. The van der Waals surface area contributed by atoms with Crippen LogP contribution in [0.5, 0.6) is 0 Å². The molecule has 1 aliphatic carbocycles. The lowest BCUT2D eigenvalue weighted by molar-refractivity contribution is -0.0598. The molecule has 0 unspecified atom stereocenters. The summed E-state index contributed by atoms with van der Waals surface area (Å²) in [4.78, 5) is 19.8. The maximum absolute atomic E-state index is 13.0.